The molecule has 0 N–H and O–H groups in total. The molecule has 10 nitrogen and oxygen atoms in total. The van der Waals surface area contributed by atoms with E-state index in [0.29, 0.717) is 43.7 Å². The Morgan fingerprint density at radius 3 is 1.22 bits per heavy atom. The number of rotatable bonds is 28. The predicted molar refractivity (Wildman–Crippen MR) is 341 cm³/mol. The van der Waals surface area contributed by atoms with E-state index in [0.717, 1.165) is 84.0 Å². The Kier molecular flexibility index (Phi) is 29.9. The van der Waals surface area contributed by atoms with Gasteiger partial charge in [0.2, 0.25) is 0 Å². The molecule has 4 aromatic carbocycles. The molecule has 5 aliphatic rings. The lowest BCUT2D eigenvalue weighted by Gasteiger charge is -2.56. The molecule has 4 bridgehead atoms. The van der Waals surface area contributed by atoms with E-state index in [1.807, 2.05) is 58.9 Å². The Morgan fingerprint density at radius 1 is 0.446 bits per heavy atom. The highest BCUT2D eigenvalue weighted by Gasteiger charge is 2.52. The number of aryl methyl sites for hydroxylation is 2. The van der Waals surface area contributed by atoms with E-state index < -0.39 is 0 Å². The van der Waals surface area contributed by atoms with Gasteiger partial charge in [0, 0.05) is 13.2 Å². The first-order valence-electron chi connectivity index (χ1n) is 32.6. The van der Waals surface area contributed by atoms with Crippen molar-refractivity contribution in [1.29, 1.82) is 0 Å². The highest BCUT2D eigenvalue weighted by molar-refractivity contribution is 5.45. The van der Waals surface area contributed by atoms with Gasteiger partial charge in [0.1, 0.15) is 11.5 Å². The third-order valence-corrected chi connectivity index (χ3v) is 18.3. The van der Waals surface area contributed by atoms with E-state index in [-0.39, 0.29) is 24.5 Å². The monoisotopic (exact) mass is 1150 g/mol. The fraction of sp³-hybridized carbons (Fsp3) is 0.671. The summed E-state index contributed by atoms with van der Waals surface area (Å²) >= 11 is 0. The SMILES string of the molecule is CCC(C)c1ccc(OC(C)OCCC2CCCCC2)c(C)c1.CCC(C)c1ccc(OCOC23CC4CC(CC(C4)C2)C3)c(OC)c1.CCOC(C)Oc1ccc(C(C)CC)cc1C.CCOC(C)Oc1ccc(C(C)CC)cc1OC. The molecular formula is C73H114O10. The van der Waals surface area contributed by atoms with Crippen LogP contribution in [0.4, 0.5) is 0 Å². The molecule has 0 heterocycles. The minimum atomic E-state index is -0.265. The van der Waals surface area contributed by atoms with Crippen molar-refractivity contribution in [3.8, 4) is 34.5 Å². The lowest BCUT2D eigenvalue weighted by Crippen LogP contribution is -2.52. The molecule has 10 heteroatoms. The van der Waals surface area contributed by atoms with Gasteiger partial charge in [-0.1, -0.05) is 124 Å². The predicted octanol–water partition coefficient (Wildman–Crippen LogP) is 20.0. The van der Waals surface area contributed by atoms with Crippen LogP contribution in [0.3, 0.4) is 0 Å². The van der Waals surface area contributed by atoms with E-state index in [1.165, 1.54) is 117 Å². The zero-order valence-electron chi connectivity index (χ0n) is 55.0. The Balaban J connectivity index is 0.000000206. The molecule has 0 amide bonds. The van der Waals surface area contributed by atoms with E-state index in [9.17, 15) is 0 Å². The molecule has 5 aliphatic carbocycles. The summed E-state index contributed by atoms with van der Waals surface area (Å²) in [6, 6.07) is 25.3. The first-order chi connectivity index (χ1) is 39.9. The van der Waals surface area contributed by atoms with Crippen molar-refractivity contribution in [2.45, 2.75) is 255 Å². The van der Waals surface area contributed by atoms with E-state index in [1.54, 1.807) is 14.2 Å². The van der Waals surface area contributed by atoms with Crippen LogP contribution in [-0.4, -0.2) is 65.3 Å². The van der Waals surface area contributed by atoms with Gasteiger partial charge in [0.25, 0.3) is 0 Å². The summed E-state index contributed by atoms with van der Waals surface area (Å²) in [5, 5.41) is 0. The first kappa shape index (κ1) is 69.3. The quantitative estimate of drug-likeness (QED) is 0.0512. The molecule has 0 radical (unpaired) electrons. The third-order valence-electron chi connectivity index (χ3n) is 18.3. The topological polar surface area (TPSA) is 92.3 Å². The van der Waals surface area contributed by atoms with Crippen LogP contribution in [0, 0.1) is 37.5 Å². The molecule has 5 fully saturated rings. The fourth-order valence-electron chi connectivity index (χ4n) is 12.8. The molecule has 4 aromatic rings. The van der Waals surface area contributed by atoms with Gasteiger partial charge in [-0.05, 0) is 236 Å². The molecule has 0 aliphatic heterocycles. The largest absolute Gasteiger partial charge is 0.493 e. The van der Waals surface area contributed by atoms with Crippen LogP contribution >= 0.6 is 0 Å². The second-order valence-electron chi connectivity index (χ2n) is 24.7. The molecule has 7 unspecified atom stereocenters. The summed E-state index contributed by atoms with van der Waals surface area (Å²) in [6.45, 7) is 34.2. The Morgan fingerprint density at radius 2 is 0.819 bits per heavy atom. The Labute approximate surface area is 505 Å². The minimum Gasteiger partial charge on any atom is -0.493 e. The van der Waals surface area contributed by atoms with E-state index in [4.69, 9.17) is 47.4 Å². The van der Waals surface area contributed by atoms with Crippen molar-refractivity contribution in [2.24, 2.45) is 23.7 Å². The van der Waals surface area contributed by atoms with Gasteiger partial charge in [0.15, 0.2) is 48.7 Å². The van der Waals surface area contributed by atoms with Crippen LogP contribution in [0.15, 0.2) is 72.8 Å². The first-order valence-corrected chi connectivity index (χ1v) is 32.6. The third kappa shape index (κ3) is 22.1. The maximum absolute atomic E-state index is 6.37. The molecule has 466 valence electrons. The van der Waals surface area contributed by atoms with Crippen LogP contribution in [0.25, 0.3) is 0 Å². The average molecular weight is 1150 g/mol. The zero-order chi connectivity index (χ0) is 60.5. The normalized spacial score (nSPS) is 21.4. The van der Waals surface area contributed by atoms with Crippen LogP contribution in [-0.2, 0) is 18.9 Å². The number of hydrogen-bond donors (Lipinski definition) is 0. The Bertz CT molecular complexity index is 2410. The maximum Gasteiger partial charge on any atom is 0.197 e. The van der Waals surface area contributed by atoms with Gasteiger partial charge in [0.05, 0.1) is 26.4 Å². The summed E-state index contributed by atoms with van der Waals surface area (Å²) in [5.41, 5.74) is 7.81. The molecule has 0 spiro atoms. The zero-order valence-corrected chi connectivity index (χ0v) is 55.0. The summed E-state index contributed by atoms with van der Waals surface area (Å²) in [5.74, 6) is 10.8. The second-order valence-corrected chi connectivity index (χ2v) is 24.7. The lowest BCUT2D eigenvalue weighted by molar-refractivity contribution is -0.190. The van der Waals surface area contributed by atoms with Crippen LogP contribution in [0.5, 0.6) is 34.5 Å². The summed E-state index contributed by atoms with van der Waals surface area (Å²) in [4.78, 5) is 0. The number of methoxy groups -OCH3 is 2. The van der Waals surface area contributed by atoms with Crippen molar-refractivity contribution < 1.29 is 47.4 Å². The number of hydrogen-bond acceptors (Lipinski definition) is 10. The molecule has 7 atom stereocenters. The summed E-state index contributed by atoms with van der Waals surface area (Å²) in [7, 11) is 3.37. The van der Waals surface area contributed by atoms with Gasteiger partial charge in [-0.3, -0.25) is 0 Å². The number of ether oxygens (including phenoxy) is 10. The van der Waals surface area contributed by atoms with Crippen LogP contribution in [0.2, 0.25) is 0 Å². The minimum absolute atomic E-state index is 0.0959. The molecule has 0 saturated heterocycles. The van der Waals surface area contributed by atoms with E-state index >= 15 is 0 Å². The fourth-order valence-corrected chi connectivity index (χ4v) is 12.8. The standard InChI is InChI=1S/C22H32O3.C21H34O2.C15H24O3.C15H24O2/c1-4-15(2)19-5-6-20(21(10-19)23-3)24-14-25-22-11-16-7-17(12-22)9-18(8-16)13-22;1-5-16(2)20-11-12-21(17(3)15-20)23-18(4)22-14-13-19-9-7-6-8-10-19;1-6-11(3)13-8-9-14(15(10-13)16-5)18-12(4)17-7-2;1-6-11(3)14-8-9-15(12(4)10-14)17-13(5)16-7-2/h5-6,10,15-18H,4,7-9,11-14H2,1-3H3;11-12,15-16,18-19H,5-10,13-14H2,1-4H3;8-12H,6-7H2,1-5H3;8-11,13H,6-7H2,1-5H3. The molecule has 9 rings (SSSR count). The average Bonchev–Trinajstić information content (AvgIpc) is 3.55. The van der Waals surface area contributed by atoms with Crippen LogP contribution in [0.1, 0.15) is 250 Å². The Hall–Kier alpha value is -4.48. The van der Waals surface area contributed by atoms with Crippen molar-refractivity contribution in [2.75, 3.05) is 40.8 Å². The van der Waals surface area contributed by atoms with Gasteiger partial charge < -0.3 is 47.4 Å². The molecule has 5 saturated carbocycles. The van der Waals surface area contributed by atoms with Crippen molar-refractivity contribution in [3.63, 3.8) is 0 Å². The van der Waals surface area contributed by atoms with E-state index in [2.05, 4.69) is 118 Å². The summed E-state index contributed by atoms with van der Waals surface area (Å²) < 4.78 is 57.3. The smallest absolute Gasteiger partial charge is 0.197 e. The van der Waals surface area contributed by atoms with Gasteiger partial charge in [-0.25, -0.2) is 0 Å². The van der Waals surface area contributed by atoms with Crippen molar-refractivity contribution >= 4 is 0 Å². The highest BCUT2D eigenvalue weighted by Crippen LogP contribution is 2.57. The van der Waals surface area contributed by atoms with Crippen LogP contribution < -0.4 is 28.4 Å². The molecule has 83 heavy (non-hydrogen) atoms. The maximum atomic E-state index is 6.37. The van der Waals surface area contributed by atoms with Gasteiger partial charge >= 0.3 is 0 Å². The highest BCUT2D eigenvalue weighted by atomic mass is 16.7. The van der Waals surface area contributed by atoms with Gasteiger partial charge in [-0.2, -0.15) is 0 Å². The molecular weight excluding hydrogens is 1040 g/mol. The second kappa shape index (κ2) is 35.9. The van der Waals surface area contributed by atoms with Gasteiger partial charge in [-0.15, -0.1) is 0 Å². The summed E-state index contributed by atoms with van der Waals surface area (Å²) in [6.07, 6.45) is 20.1. The van der Waals surface area contributed by atoms with Crippen molar-refractivity contribution in [1.82, 2.24) is 0 Å². The van der Waals surface area contributed by atoms with Crippen molar-refractivity contribution in [3.05, 3.63) is 106 Å². The molecule has 0 aromatic heterocycles. The number of benzene rings is 4. The lowest BCUT2D eigenvalue weighted by atomic mass is 9.54.